The number of fused-ring (bicyclic) bond motifs is 1. The third-order valence-electron chi connectivity index (χ3n) is 4.63. The highest BCUT2D eigenvalue weighted by atomic mass is 15.1. The molecule has 4 aromatic rings. The number of hydrogen-bond donors (Lipinski definition) is 0. The standard InChI is InChI=1S/C23H22N2/c1-3-10-19(11-4-1)14-9-17-25-22-16-8-7-15-21(22)24-23(25)18-20-12-5-2-6-13-20/h1-8,10-13,15-16H,9,14,17-18H2. The van der Waals surface area contributed by atoms with Gasteiger partial charge in [-0.2, -0.15) is 0 Å². The van der Waals surface area contributed by atoms with Gasteiger partial charge < -0.3 is 4.57 Å². The first kappa shape index (κ1) is 15.6. The number of hydrogen-bond acceptors (Lipinski definition) is 1. The van der Waals surface area contributed by atoms with Crippen molar-refractivity contribution in [2.75, 3.05) is 0 Å². The summed E-state index contributed by atoms with van der Waals surface area (Å²) in [5.41, 5.74) is 5.04. The minimum Gasteiger partial charge on any atom is -0.328 e. The Morgan fingerprint density at radius 2 is 1.32 bits per heavy atom. The van der Waals surface area contributed by atoms with Crippen molar-refractivity contribution >= 4 is 11.0 Å². The molecule has 0 saturated heterocycles. The zero-order chi connectivity index (χ0) is 16.9. The van der Waals surface area contributed by atoms with Crippen molar-refractivity contribution in [3.8, 4) is 0 Å². The average molecular weight is 326 g/mol. The van der Waals surface area contributed by atoms with Crippen molar-refractivity contribution in [2.45, 2.75) is 25.8 Å². The van der Waals surface area contributed by atoms with Crippen LogP contribution in [0, 0.1) is 0 Å². The van der Waals surface area contributed by atoms with Gasteiger partial charge in [0.05, 0.1) is 11.0 Å². The molecule has 0 atom stereocenters. The Hall–Kier alpha value is -2.87. The number of benzene rings is 3. The summed E-state index contributed by atoms with van der Waals surface area (Å²) in [6.45, 7) is 0.998. The molecule has 0 N–H and O–H groups in total. The number of aryl methyl sites for hydroxylation is 2. The smallest absolute Gasteiger partial charge is 0.114 e. The van der Waals surface area contributed by atoms with E-state index < -0.39 is 0 Å². The predicted octanol–water partition coefficient (Wildman–Crippen LogP) is 5.26. The number of aromatic nitrogens is 2. The van der Waals surface area contributed by atoms with Gasteiger partial charge in [0.15, 0.2) is 0 Å². The van der Waals surface area contributed by atoms with Crippen molar-refractivity contribution in [1.29, 1.82) is 0 Å². The van der Waals surface area contributed by atoms with Gasteiger partial charge in [-0.25, -0.2) is 4.98 Å². The minimum atomic E-state index is 0.876. The van der Waals surface area contributed by atoms with E-state index >= 15 is 0 Å². The van der Waals surface area contributed by atoms with Crippen LogP contribution in [-0.2, 0) is 19.4 Å². The van der Waals surface area contributed by atoms with Gasteiger partial charge in [0, 0.05) is 13.0 Å². The Kier molecular flexibility index (Phi) is 4.60. The normalized spacial score (nSPS) is 11.0. The molecule has 0 unspecified atom stereocenters. The van der Waals surface area contributed by atoms with Crippen molar-refractivity contribution in [1.82, 2.24) is 9.55 Å². The summed E-state index contributed by atoms with van der Waals surface area (Å²) in [5.74, 6) is 1.15. The molecule has 0 aliphatic carbocycles. The van der Waals surface area contributed by atoms with Gasteiger partial charge in [-0.15, -0.1) is 0 Å². The molecule has 0 bridgehead atoms. The first-order chi connectivity index (χ1) is 12.4. The van der Waals surface area contributed by atoms with Crippen LogP contribution in [0.5, 0.6) is 0 Å². The maximum atomic E-state index is 4.90. The molecule has 0 fully saturated rings. The highest BCUT2D eigenvalue weighted by molar-refractivity contribution is 5.76. The summed E-state index contributed by atoms with van der Waals surface area (Å²) in [4.78, 5) is 4.90. The summed E-state index contributed by atoms with van der Waals surface area (Å²) in [5, 5.41) is 0. The maximum Gasteiger partial charge on any atom is 0.114 e. The predicted molar refractivity (Wildman–Crippen MR) is 104 cm³/mol. The van der Waals surface area contributed by atoms with Crippen LogP contribution in [-0.4, -0.2) is 9.55 Å². The van der Waals surface area contributed by atoms with E-state index in [4.69, 9.17) is 4.98 Å². The molecular weight excluding hydrogens is 304 g/mol. The van der Waals surface area contributed by atoms with Crippen LogP contribution in [0.25, 0.3) is 11.0 Å². The molecular formula is C23H22N2. The second-order valence-electron chi connectivity index (χ2n) is 6.42. The molecule has 3 aromatic carbocycles. The van der Waals surface area contributed by atoms with E-state index in [1.165, 1.54) is 16.6 Å². The molecule has 0 radical (unpaired) electrons. The molecule has 2 heteroatoms. The van der Waals surface area contributed by atoms with Crippen LogP contribution in [0.4, 0.5) is 0 Å². The van der Waals surface area contributed by atoms with E-state index in [0.717, 1.165) is 37.1 Å². The lowest BCUT2D eigenvalue weighted by molar-refractivity contribution is 0.632. The molecule has 0 amide bonds. The molecule has 2 nitrogen and oxygen atoms in total. The van der Waals surface area contributed by atoms with Crippen LogP contribution in [0.1, 0.15) is 23.4 Å². The summed E-state index contributed by atoms with van der Waals surface area (Å²) in [6.07, 6.45) is 3.09. The lowest BCUT2D eigenvalue weighted by atomic mass is 10.1. The average Bonchev–Trinajstić information content (AvgIpc) is 3.01. The van der Waals surface area contributed by atoms with E-state index in [1.807, 2.05) is 0 Å². The maximum absolute atomic E-state index is 4.90. The highest BCUT2D eigenvalue weighted by Gasteiger charge is 2.10. The van der Waals surface area contributed by atoms with Gasteiger partial charge >= 0.3 is 0 Å². The first-order valence-corrected chi connectivity index (χ1v) is 8.92. The number of imidazole rings is 1. The first-order valence-electron chi connectivity index (χ1n) is 8.92. The zero-order valence-electron chi connectivity index (χ0n) is 14.3. The summed E-state index contributed by atoms with van der Waals surface area (Å²) in [6, 6.07) is 29.8. The number of nitrogens with zero attached hydrogens (tertiary/aromatic N) is 2. The van der Waals surface area contributed by atoms with E-state index in [-0.39, 0.29) is 0 Å². The van der Waals surface area contributed by atoms with Crippen molar-refractivity contribution in [3.05, 3.63) is 102 Å². The fourth-order valence-electron chi connectivity index (χ4n) is 3.37. The molecule has 1 heterocycles. The van der Waals surface area contributed by atoms with Crippen LogP contribution in [0.15, 0.2) is 84.9 Å². The Morgan fingerprint density at radius 1 is 0.680 bits per heavy atom. The summed E-state index contributed by atoms with van der Waals surface area (Å²) >= 11 is 0. The summed E-state index contributed by atoms with van der Waals surface area (Å²) in [7, 11) is 0. The van der Waals surface area contributed by atoms with Gasteiger partial charge in [-0.3, -0.25) is 0 Å². The molecule has 4 rings (SSSR count). The lowest BCUT2D eigenvalue weighted by Crippen LogP contribution is -2.06. The Morgan fingerprint density at radius 3 is 2.08 bits per heavy atom. The van der Waals surface area contributed by atoms with E-state index in [1.54, 1.807) is 0 Å². The van der Waals surface area contributed by atoms with Crippen molar-refractivity contribution in [3.63, 3.8) is 0 Å². The van der Waals surface area contributed by atoms with Crippen molar-refractivity contribution < 1.29 is 0 Å². The van der Waals surface area contributed by atoms with Crippen LogP contribution in [0.3, 0.4) is 0 Å². The molecule has 0 aliphatic rings. The molecule has 25 heavy (non-hydrogen) atoms. The molecule has 0 saturated carbocycles. The highest BCUT2D eigenvalue weighted by Crippen LogP contribution is 2.19. The largest absolute Gasteiger partial charge is 0.328 e. The SMILES string of the molecule is c1ccc(CCCn2c(Cc3ccccc3)nc3ccccc32)cc1. The topological polar surface area (TPSA) is 17.8 Å². The third kappa shape index (κ3) is 3.63. The monoisotopic (exact) mass is 326 g/mol. The number of para-hydroxylation sites is 2. The van der Waals surface area contributed by atoms with Crippen LogP contribution < -0.4 is 0 Å². The van der Waals surface area contributed by atoms with E-state index in [0.29, 0.717) is 0 Å². The van der Waals surface area contributed by atoms with E-state index in [2.05, 4.69) is 89.5 Å². The lowest BCUT2D eigenvalue weighted by Gasteiger charge is -2.10. The van der Waals surface area contributed by atoms with Gasteiger partial charge in [0.2, 0.25) is 0 Å². The van der Waals surface area contributed by atoms with Crippen molar-refractivity contribution in [2.24, 2.45) is 0 Å². The summed E-state index contributed by atoms with van der Waals surface area (Å²) < 4.78 is 2.39. The third-order valence-corrected chi connectivity index (χ3v) is 4.63. The molecule has 0 spiro atoms. The Balaban J connectivity index is 1.58. The van der Waals surface area contributed by atoms with Crippen LogP contribution >= 0.6 is 0 Å². The fourth-order valence-corrected chi connectivity index (χ4v) is 3.37. The quantitative estimate of drug-likeness (QED) is 0.472. The second kappa shape index (κ2) is 7.35. The molecule has 124 valence electrons. The molecule has 1 aromatic heterocycles. The van der Waals surface area contributed by atoms with Gasteiger partial charge in [-0.1, -0.05) is 72.8 Å². The Bertz CT molecular complexity index is 940. The van der Waals surface area contributed by atoms with Gasteiger partial charge in [-0.05, 0) is 36.1 Å². The second-order valence-corrected chi connectivity index (χ2v) is 6.42. The van der Waals surface area contributed by atoms with E-state index in [9.17, 15) is 0 Å². The molecule has 0 aliphatic heterocycles. The Labute approximate surface area is 148 Å². The zero-order valence-corrected chi connectivity index (χ0v) is 14.3. The minimum absolute atomic E-state index is 0.876. The van der Waals surface area contributed by atoms with Gasteiger partial charge in [0.1, 0.15) is 5.82 Å². The van der Waals surface area contributed by atoms with Gasteiger partial charge in [0.25, 0.3) is 0 Å². The fraction of sp³-hybridized carbons (Fsp3) is 0.174. The number of rotatable bonds is 6. The van der Waals surface area contributed by atoms with Crippen LogP contribution in [0.2, 0.25) is 0 Å².